The van der Waals surface area contributed by atoms with Crippen LogP contribution in [0.25, 0.3) is 0 Å². The van der Waals surface area contributed by atoms with Crippen LogP contribution in [0.2, 0.25) is 0 Å². The highest BCUT2D eigenvalue weighted by Crippen LogP contribution is 2.48. The van der Waals surface area contributed by atoms with Crippen molar-refractivity contribution in [3.63, 3.8) is 0 Å². The van der Waals surface area contributed by atoms with Gasteiger partial charge < -0.3 is 0 Å². The lowest BCUT2D eigenvalue weighted by molar-refractivity contribution is 0.420. The van der Waals surface area contributed by atoms with Crippen LogP contribution in [0.3, 0.4) is 0 Å². The van der Waals surface area contributed by atoms with Crippen molar-refractivity contribution in [1.82, 2.24) is 0 Å². The monoisotopic (exact) mass is 214 g/mol. The maximum absolute atomic E-state index is 2.42. The second kappa shape index (κ2) is 4.45. The quantitative estimate of drug-likeness (QED) is 0.635. The first-order chi connectivity index (χ1) is 7.56. The standard InChI is InChI=1S/C16H22/c1-16(2,3)11-7-10-14-12-15(14)13-8-5-4-6-9-13/h4-10,14-15H,11-12H2,1-3H3/b10-7-/t14-,15+/m1/s1. The van der Waals surface area contributed by atoms with Crippen LogP contribution < -0.4 is 0 Å². The molecule has 1 fully saturated rings. The van der Waals surface area contributed by atoms with Crippen LogP contribution in [0, 0.1) is 11.3 Å². The van der Waals surface area contributed by atoms with E-state index in [1.165, 1.54) is 18.4 Å². The summed E-state index contributed by atoms with van der Waals surface area (Å²) in [6.45, 7) is 6.87. The van der Waals surface area contributed by atoms with Crippen LogP contribution in [-0.4, -0.2) is 0 Å². The largest absolute Gasteiger partial charge is 0.0877 e. The maximum atomic E-state index is 2.42. The molecule has 0 unspecified atom stereocenters. The Morgan fingerprint density at radius 3 is 2.50 bits per heavy atom. The molecule has 2 atom stereocenters. The summed E-state index contributed by atoms with van der Waals surface area (Å²) in [7, 11) is 0. The Kier molecular flexibility index (Phi) is 3.18. The summed E-state index contributed by atoms with van der Waals surface area (Å²) in [5, 5.41) is 0. The second-order valence-electron chi connectivity index (χ2n) is 6.11. The van der Waals surface area contributed by atoms with Gasteiger partial charge in [-0.25, -0.2) is 0 Å². The van der Waals surface area contributed by atoms with Gasteiger partial charge in [0, 0.05) is 0 Å². The van der Waals surface area contributed by atoms with Crippen LogP contribution in [0.5, 0.6) is 0 Å². The van der Waals surface area contributed by atoms with E-state index in [2.05, 4.69) is 63.3 Å². The molecule has 0 heterocycles. The van der Waals surface area contributed by atoms with Gasteiger partial charge in [0.05, 0.1) is 0 Å². The van der Waals surface area contributed by atoms with Gasteiger partial charge in [0.2, 0.25) is 0 Å². The van der Waals surface area contributed by atoms with E-state index < -0.39 is 0 Å². The summed E-state index contributed by atoms with van der Waals surface area (Å²) < 4.78 is 0. The third kappa shape index (κ3) is 3.23. The van der Waals surface area contributed by atoms with Crippen LogP contribution in [0.4, 0.5) is 0 Å². The third-order valence-corrected chi connectivity index (χ3v) is 3.18. The molecule has 1 aliphatic rings. The molecule has 0 radical (unpaired) electrons. The third-order valence-electron chi connectivity index (χ3n) is 3.18. The average molecular weight is 214 g/mol. The normalized spacial score (nSPS) is 24.9. The van der Waals surface area contributed by atoms with Crippen molar-refractivity contribution in [3.05, 3.63) is 48.0 Å². The van der Waals surface area contributed by atoms with E-state index in [0.29, 0.717) is 5.41 Å². The molecule has 0 heteroatoms. The Labute approximate surface area is 99.4 Å². The van der Waals surface area contributed by atoms with Crippen LogP contribution >= 0.6 is 0 Å². The van der Waals surface area contributed by atoms with Crippen molar-refractivity contribution >= 4 is 0 Å². The van der Waals surface area contributed by atoms with Crippen molar-refractivity contribution in [3.8, 4) is 0 Å². The van der Waals surface area contributed by atoms with Crippen molar-refractivity contribution in [2.45, 2.75) is 39.5 Å². The second-order valence-corrected chi connectivity index (χ2v) is 6.11. The molecular formula is C16H22. The molecule has 16 heavy (non-hydrogen) atoms. The Hall–Kier alpha value is -1.04. The van der Waals surface area contributed by atoms with Gasteiger partial charge in [0.25, 0.3) is 0 Å². The first-order valence-corrected chi connectivity index (χ1v) is 6.28. The highest BCUT2D eigenvalue weighted by atomic mass is 14.4. The minimum atomic E-state index is 0.424. The molecule has 1 aromatic rings. The molecule has 0 spiro atoms. The molecule has 0 aromatic heterocycles. The number of hydrogen-bond donors (Lipinski definition) is 0. The van der Waals surface area contributed by atoms with Crippen molar-refractivity contribution in [1.29, 1.82) is 0 Å². The highest BCUT2D eigenvalue weighted by Gasteiger charge is 2.35. The summed E-state index contributed by atoms with van der Waals surface area (Å²) in [6.07, 6.45) is 7.31. The fraction of sp³-hybridized carbons (Fsp3) is 0.500. The minimum absolute atomic E-state index is 0.424. The van der Waals surface area contributed by atoms with Gasteiger partial charge in [-0.3, -0.25) is 0 Å². The van der Waals surface area contributed by atoms with E-state index in [1.807, 2.05) is 0 Å². The fourth-order valence-corrected chi connectivity index (χ4v) is 2.11. The Balaban J connectivity index is 1.84. The number of allylic oxidation sites excluding steroid dienone is 2. The summed E-state index contributed by atoms with van der Waals surface area (Å²) in [4.78, 5) is 0. The predicted molar refractivity (Wildman–Crippen MR) is 70.5 cm³/mol. The van der Waals surface area contributed by atoms with E-state index in [0.717, 1.165) is 11.8 Å². The molecule has 0 amide bonds. The minimum Gasteiger partial charge on any atom is -0.0877 e. The topological polar surface area (TPSA) is 0 Å². The molecule has 1 aliphatic carbocycles. The van der Waals surface area contributed by atoms with Gasteiger partial charge in [0.15, 0.2) is 0 Å². The average Bonchev–Trinajstić information content (AvgIpc) is 2.97. The van der Waals surface area contributed by atoms with Gasteiger partial charge in [-0.05, 0) is 35.7 Å². The summed E-state index contributed by atoms with van der Waals surface area (Å²) in [6, 6.07) is 10.9. The van der Waals surface area contributed by atoms with E-state index in [-0.39, 0.29) is 0 Å². The fourth-order valence-electron chi connectivity index (χ4n) is 2.11. The lowest BCUT2D eigenvalue weighted by atomic mass is 9.92. The molecule has 0 aliphatic heterocycles. The number of hydrogen-bond acceptors (Lipinski definition) is 0. The summed E-state index contributed by atoms with van der Waals surface area (Å²) in [5.74, 6) is 1.59. The summed E-state index contributed by atoms with van der Waals surface area (Å²) in [5.41, 5.74) is 1.93. The molecule has 0 saturated heterocycles. The molecule has 0 N–H and O–H groups in total. The van der Waals surface area contributed by atoms with Crippen LogP contribution in [0.15, 0.2) is 42.5 Å². The van der Waals surface area contributed by atoms with Crippen molar-refractivity contribution in [2.75, 3.05) is 0 Å². The first-order valence-electron chi connectivity index (χ1n) is 6.28. The molecule has 86 valence electrons. The van der Waals surface area contributed by atoms with E-state index in [1.54, 1.807) is 0 Å². The van der Waals surface area contributed by atoms with Crippen LogP contribution in [-0.2, 0) is 0 Å². The maximum Gasteiger partial charge on any atom is -0.00930 e. The van der Waals surface area contributed by atoms with Crippen molar-refractivity contribution in [2.24, 2.45) is 11.3 Å². The van der Waals surface area contributed by atoms with Gasteiger partial charge in [-0.2, -0.15) is 0 Å². The van der Waals surface area contributed by atoms with Crippen molar-refractivity contribution < 1.29 is 0 Å². The lowest BCUT2D eigenvalue weighted by Gasteiger charge is -2.14. The molecule has 1 saturated carbocycles. The van der Waals surface area contributed by atoms with Gasteiger partial charge in [-0.15, -0.1) is 0 Å². The zero-order valence-electron chi connectivity index (χ0n) is 10.6. The Morgan fingerprint density at radius 2 is 1.88 bits per heavy atom. The van der Waals surface area contributed by atoms with Crippen LogP contribution in [0.1, 0.15) is 45.1 Å². The SMILES string of the molecule is CC(C)(C)C/C=C\[C@@H]1C[C@H]1c1ccccc1. The lowest BCUT2D eigenvalue weighted by Crippen LogP contribution is -2.01. The van der Waals surface area contributed by atoms with E-state index >= 15 is 0 Å². The molecule has 0 bridgehead atoms. The predicted octanol–water partition coefficient (Wildman–Crippen LogP) is 4.78. The zero-order valence-corrected chi connectivity index (χ0v) is 10.6. The van der Waals surface area contributed by atoms with E-state index in [4.69, 9.17) is 0 Å². The molecule has 2 rings (SSSR count). The number of benzene rings is 1. The van der Waals surface area contributed by atoms with Gasteiger partial charge in [0.1, 0.15) is 0 Å². The summed E-state index contributed by atoms with van der Waals surface area (Å²) >= 11 is 0. The highest BCUT2D eigenvalue weighted by molar-refractivity contribution is 5.28. The molecule has 1 aromatic carbocycles. The van der Waals surface area contributed by atoms with Gasteiger partial charge in [-0.1, -0.05) is 63.3 Å². The first kappa shape index (κ1) is 11.4. The van der Waals surface area contributed by atoms with Gasteiger partial charge >= 0.3 is 0 Å². The zero-order chi connectivity index (χ0) is 11.6. The Bertz CT molecular complexity index is 353. The molecular weight excluding hydrogens is 192 g/mol. The van der Waals surface area contributed by atoms with E-state index in [9.17, 15) is 0 Å². The number of rotatable bonds is 3. The smallest absolute Gasteiger partial charge is 0.00930 e. The molecule has 0 nitrogen and oxygen atoms in total. The Morgan fingerprint density at radius 1 is 1.19 bits per heavy atom.